The summed E-state index contributed by atoms with van der Waals surface area (Å²) in [6, 6.07) is 3.92. The number of aromatic carboxylic acids is 1. The normalized spacial score (nSPS) is 9.95. The zero-order valence-electron chi connectivity index (χ0n) is 10.7. The quantitative estimate of drug-likeness (QED) is 0.354. The Kier molecular flexibility index (Phi) is 5.05. The number of nitrogens with zero attached hydrogens (tertiary/aromatic N) is 2. The molecule has 102 valence electrons. The molecule has 0 aliphatic carbocycles. The summed E-state index contributed by atoms with van der Waals surface area (Å²) in [7, 11) is 1.74. The van der Waals surface area contributed by atoms with Crippen molar-refractivity contribution >= 4 is 17.3 Å². The number of carboxylic acid groups (broad SMARTS) is 1. The molecule has 0 aliphatic heterocycles. The summed E-state index contributed by atoms with van der Waals surface area (Å²) in [4.78, 5) is 23.0. The molecule has 1 aromatic rings. The van der Waals surface area contributed by atoms with Crippen LogP contribution in [0.2, 0.25) is 0 Å². The van der Waals surface area contributed by atoms with Crippen molar-refractivity contribution in [2.24, 2.45) is 0 Å². The lowest BCUT2D eigenvalue weighted by Crippen LogP contribution is -2.19. The third-order valence-corrected chi connectivity index (χ3v) is 2.73. The molecule has 0 heterocycles. The highest BCUT2D eigenvalue weighted by Crippen LogP contribution is 2.28. The second-order valence-corrected chi connectivity index (χ2v) is 4.12. The van der Waals surface area contributed by atoms with E-state index in [4.69, 9.17) is 5.11 Å². The second-order valence-electron chi connectivity index (χ2n) is 4.12. The zero-order chi connectivity index (χ0) is 14.4. The Hall–Kier alpha value is -2.37. The number of hydrogen-bond donors (Lipinski definition) is 1. The van der Waals surface area contributed by atoms with Gasteiger partial charge >= 0.3 is 5.97 Å². The smallest absolute Gasteiger partial charge is 0.335 e. The first-order valence-corrected chi connectivity index (χ1v) is 5.81. The number of carboxylic acids is 1. The number of nitro benzene ring substituents is 1. The number of allylic oxidation sites excluding steroid dienone is 1. The summed E-state index contributed by atoms with van der Waals surface area (Å²) >= 11 is 0. The summed E-state index contributed by atoms with van der Waals surface area (Å²) in [5, 5.41) is 19.8. The van der Waals surface area contributed by atoms with Crippen molar-refractivity contribution in [2.75, 3.05) is 18.5 Å². The number of carbonyl (C=O) groups is 1. The van der Waals surface area contributed by atoms with E-state index in [0.717, 1.165) is 18.9 Å². The maximum Gasteiger partial charge on any atom is 0.335 e. The van der Waals surface area contributed by atoms with Gasteiger partial charge in [0, 0.05) is 19.7 Å². The highest BCUT2D eigenvalue weighted by Gasteiger charge is 2.19. The van der Waals surface area contributed by atoms with E-state index in [1.54, 1.807) is 18.0 Å². The number of hydrogen-bond acceptors (Lipinski definition) is 4. The number of nitro groups is 1. The maximum atomic E-state index is 11.0. The Balaban J connectivity index is 3.02. The van der Waals surface area contributed by atoms with Crippen molar-refractivity contribution in [3.8, 4) is 0 Å². The third-order valence-electron chi connectivity index (χ3n) is 2.73. The van der Waals surface area contributed by atoms with Crippen LogP contribution in [0, 0.1) is 10.1 Å². The van der Waals surface area contributed by atoms with Gasteiger partial charge in [0.1, 0.15) is 5.69 Å². The molecule has 0 bridgehead atoms. The van der Waals surface area contributed by atoms with E-state index in [1.807, 2.05) is 0 Å². The van der Waals surface area contributed by atoms with Crippen LogP contribution >= 0.6 is 0 Å². The summed E-state index contributed by atoms with van der Waals surface area (Å²) in [6.07, 6.45) is 3.44. The van der Waals surface area contributed by atoms with E-state index < -0.39 is 10.9 Å². The van der Waals surface area contributed by atoms with Gasteiger partial charge in [-0.15, -0.1) is 6.58 Å². The standard InChI is InChI=1S/C13H16N2O4/c1-3-4-5-8-14(2)11-7-6-10(13(16)17)9-12(11)15(18)19/h3,6-7,9H,1,4-5,8H2,2H3,(H,16,17). The lowest BCUT2D eigenvalue weighted by Gasteiger charge is -2.18. The Morgan fingerprint density at radius 3 is 2.79 bits per heavy atom. The first-order valence-electron chi connectivity index (χ1n) is 5.81. The highest BCUT2D eigenvalue weighted by atomic mass is 16.6. The fourth-order valence-corrected chi connectivity index (χ4v) is 1.72. The van der Waals surface area contributed by atoms with Gasteiger partial charge in [-0.1, -0.05) is 6.08 Å². The average Bonchev–Trinajstić information content (AvgIpc) is 2.38. The maximum absolute atomic E-state index is 11.0. The molecule has 0 aromatic heterocycles. The minimum atomic E-state index is -1.18. The predicted octanol–water partition coefficient (Wildman–Crippen LogP) is 2.70. The van der Waals surface area contributed by atoms with Crippen molar-refractivity contribution in [1.29, 1.82) is 0 Å². The van der Waals surface area contributed by atoms with E-state index in [9.17, 15) is 14.9 Å². The lowest BCUT2D eigenvalue weighted by atomic mass is 10.1. The monoisotopic (exact) mass is 264 g/mol. The van der Waals surface area contributed by atoms with Gasteiger partial charge in [-0.05, 0) is 25.0 Å². The number of unbranched alkanes of at least 4 members (excludes halogenated alkanes) is 1. The minimum Gasteiger partial charge on any atom is -0.478 e. The third kappa shape index (κ3) is 3.80. The molecular weight excluding hydrogens is 248 g/mol. The van der Waals surface area contributed by atoms with Gasteiger partial charge in [-0.25, -0.2) is 4.79 Å². The first kappa shape index (κ1) is 14.7. The molecule has 0 amide bonds. The molecule has 1 rings (SSSR count). The summed E-state index contributed by atoms with van der Waals surface area (Å²) in [6.45, 7) is 4.25. The second kappa shape index (κ2) is 6.53. The topological polar surface area (TPSA) is 83.7 Å². The molecule has 0 spiro atoms. The van der Waals surface area contributed by atoms with Crippen molar-refractivity contribution in [3.63, 3.8) is 0 Å². The number of rotatable bonds is 7. The zero-order valence-corrected chi connectivity index (χ0v) is 10.7. The molecule has 0 fully saturated rings. The van der Waals surface area contributed by atoms with Gasteiger partial charge < -0.3 is 10.0 Å². The van der Waals surface area contributed by atoms with E-state index >= 15 is 0 Å². The lowest BCUT2D eigenvalue weighted by molar-refractivity contribution is -0.384. The molecule has 0 saturated heterocycles. The predicted molar refractivity (Wildman–Crippen MR) is 72.8 cm³/mol. The number of anilines is 1. The van der Waals surface area contributed by atoms with E-state index in [0.29, 0.717) is 12.2 Å². The van der Waals surface area contributed by atoms with E-state index in [2.05, 4.69) is 6.58 Å². The van der Waals surface area contributed by atoms with Crippen LogP contribution in [0.5, 0.6) is 0 Å². The Bertz CT molecular complexity index is 499. The van der Waals surface area contributed by atoms with E-state index in [1.165, 1.54) is 12.1 Å². The molecule has 0 atom stereocenters. The molecule has 0 aliphatic rings. The molecule has 19 heavy (non-hydrogen) atoms. The van der Waals surface area contributed by atoms with Crippen molar-refractivity contribution < 1.29 is 14.8 Å². The van der Waals surface area contributed by atoms with Crippen LogP contribution in [0.3, 0.4) is 0 Å². The van der Waals surface area contributed by atoms with Gasteiger partial charge in [0.15, 0.2) is 0 Å². The van der Waals surface area contributed by atoms with Crippen molar-refractivity contribution in [2.45, 2.75) is 12.8 Å². The van der Waals surface area contributed by atoms with Gasteiger partial charge in [0.05, 0.1) is 10.5 Å². The molecule has 0 radical (unpaired) electrons. The van der Waals surface area contributed by atoms with Crippen LogP contribution in [-0.4, -0.2) is 29.6 Å². The number of benzene rings is 1. The highest BCUT2D eigenvalue weighted by molar-refractivity contribution is 5.89. The van der Waals surface area contributed by atoms with Crippen LogP contribution in [0.1, 0.15) is 23.2 Å². The molecular formula is C13H16N2O4. The first-order chi connectivity index (χ1) is 8.97. The van der Waals surface area contributed by atoms with Gasteiger partial charge in [-0.3, -0.25) is 10.1 Å². The van der Waals surface area contributed by atoms with Gasteiger partial charge in [-0.2, -0.15) is 0 Å². The SMILES string of the molecule is C=CCCCN(C)c1ccc(C(=O)O)cc1[N+](=O)[O-]. The average molecular weight is 264 g/mol. The fourth-order valence-electron chi connectivity index (χ4n) is 1.72. The van der Waals surface area contributed by atoms with Gasteiger partial charge in [0.2, 0.25) is 0 Å². The molecule has 0 unspecified atom stereocenters. The van der Waals surface area contributed by atoms with Gasteiger partial charge in [0.25, 0.3) is 5.69 Å². The molecule has 1 aromatic carbocycles. The van der Waals surface area contributed by atoms with Crippen LogP contribution in [0.15, 0.2) is 30.9 Å². The van der Waals surface area contributed by atoms with Crippen LogP contribution in [0.25, 0.3) is 0 Å². The molecule has 1 N–H and O–H groups in total. The van der Waals surface area contributed by atoms with Crippen LogP contribution in [0.4, 0.5) is 11.4 Å². The Morgan fingerprint density at radius 2 is 2.26 bits per heavy atom. The van der Waals surface area contributed by atoms with Crippen LogP contribution in [-0.2, 0) is 0 Å². The minimum absolute atomic E-state index is 0.0880. The summed E-state index contributed by atoms with van der Waals surface area (Å²) < 4.78 is 0. The molecule has 0 saturated carbocycles. The summed E-state index contributed by atoms with van der Waals surface area (Å²) in [5.41, 5.74) is 0.134. The summed E-state index contributed by atoms with van der Waals surface area (Å²) in [5.74, 6) is -1.18. The van der Waals surface area contributed by atoms with Crippen molar-refractivity contribution in [1.82, 2.24) is 0 Å². The van der Waals surface area contributed by atoms with E-state index in [-0.39, 0.29) is 11.3 Å². The molecule has 6 nitrogen and oxygen atoms in total. The Labute approximate surface area is 111 Å². The largest absolute Gasteiger partial charge is 0.478 e. The fraction of sp³-hybridized carbons (Fsp3) is 0.308. The van der Waals surface area contributed by atoms with Crippen LogP contribution < -0.4 is 4.90 Å². The molecule has 6 heteroatoms. The Morgan fingerprint density at radius 1 is 1.58 bits per heavy atom. The van der Waals surface area contributed by atoms with Crippen molar-refractivity contribution in [3.05, 3.63) is 46.5 Å².